The number of nitrogens with one attached hydrogen (secondary N) is 2. The topological polar surface area (TPSA) is 87.2 Å². The van der Waals surface area contributed by atoms with Crippen molar-refractivity contribution in [2.45, 2.75) is 33.6 Å². The first-order chi connectivity index (χ1) is 12.9. The number of nitrogens with zero attached hydrogens (tertiary/aromatic N) is 3. The van der Waals surface area contributed by atoms with E-state index in [-0.39, 0.29) is 17.7 Å². The van der Waals surface area contributed by atoms with Gasteiger partial charge in [-0.3, -0.25) is 9.59 Å². The first kappa shape index (κ1) is 18.8. The van der Waals surface area contributed by atoms with Crippen molar-refractivity contribution in [2.24, 2.45) is 5.92 Å². The molecule has 7 nitrogen and oxygen atoms in total. The molecule has 0 radical (unpaired) electrons. The number of aromatic nitrogens is 2. The van der Waals surface area contributed by atoms with Gasteiger partial charge in [0.25, 0.3) is 0 Å². The summed E-state index contributed by atoms with van der Waals surface area (Å²) in [7, 11) is 0. The highest BCUT2D eigenvalue weighted by atomic mass is 16.2. The van der Waals surface area contributed by atoms with Crippen molar-refractivity contribution in [3.05, 3.63) is 41.7 Å². The summed E-state index contributed by atoms with van der Waals surface area (Å²) in [4.78, 5) is 35.1. The lowest BCUT2D eigenvalue weighted by Crippen LogP contribution is -2.41. The average molecular weight is 367 g/mol. The van der Waals surface area contributed by atoms with Gasteiger partial charge in [0.15, 0.2) is 0 Å². The third kappa shape index (κ3) is 5.03. The Bertz CT molecular complexity index is 832. The predicted molar refractivity (Wildman–Crippen MR) is 106 cm³/mol. The minimum absolute atomic E-state index is 0.0240. The van der Waals surface area contributed by atoms with Crippen molar-refractivity contribution in [1.29, 1.82) is 0 Å². The van der Waals surface area contributed by atoms with E-state index in [1.165, 1.54) is 6.92 Å². The largest absolute Gasteiger partial charge is 0.340 e. The van der Waals surface area contributed by atoms with Gasteiger partial charge in [-0.25, -0.2) is 9.97 Å². The van der Waals surface area contributed by atoms with Gasteiger partial charge in [-0.05, 0) is 51.0 Å². The molecule has 1 aromatic carbocycles. The Balaban J connectivity index is 1.67. The maximum atomic E-state index is 12.7. The van der Waals surface area contributed by atoms with E-state index >= 15 is 0 Å². The fourth-order valence-electron chi connectivity index (χ4n) is 3.34. The summed E-state index contributed by atoms with van der Waals surface area (Å²) >= 11 is 0. The number of piperidine rings is 1. The molecular weight excluding hydrogens is 342 g/mol. The van der Waals surface area contributed by atoms with Gasteiger partial charge in [0.1, 0.15) is 0 Å². The molecule has 1 unspecified atom stereocenters. The fraction of sp³-hybridized carbons (Fsp3) is 0.400. The van der Waals surface area contributed by atoms with Crippen LogP contribution in [0.4, 0.5) is 17.3 Å². The second-order valence-electron chi connectivity index (χ2n) is 6.99. The van der Waals surface area contributed by atoms with Gasteiger partial charge < -0.3 is 15.5 Å². The summed E-state index contributed by atoms with van der Waals surface area (Å²) in [6.45, 7) is 6.81. The van der Waals surface area contributed by atoms with E-state index in [2.05, 4.69) is 25.5 Å². The molecule has 1 saturated heterocycles. The standard InChI is InChI=1S/C20H25N5O2/c1-13-10-14(2)22-20(21-13)25-9-5-6-16(12-25)19(27)24-18-8-4-7-17(11-18)23-15(3)26/h4,7-8,10-11,16H,5-6,9,12H2,1-3H3,(H,23,26)(H,24,27). The van der Waals surface area contributed by atoms with Crippen molar-refractivity contribution in [3.63, 3.8) is 0 Å². The smallest absolute Gasteiger partial charge is 0.229 e. The average Bonchev–Trinajstić information content (AvgIpc) is 2.61. The Kier molecular flexibility index (Phi) is 5.69. The zero-order chi connectivity index (χ0) is 19.4. The summed E-state index contributed by atoms with van der Waals surface area (Å²) in [6, 6.07) is 9.11. The molecule has 0 bridgehead atoms. The van der Waals surface area contributed by atoms with Crippen LogP contribution in [0.5, 0.6) is 0 Å². The van der Waals surface area contributed by atoms with E-state index < -0.39 is 0 Å². The summed E-state index contributed by atoms with van der Waals surface area (Å²) < 4.78 is 0. The Morgan fingerprint density at radius 3 is 2.41 bits per heavy atom. The van der Waals surface area contributed by atoms with E-state index in [4.69, 9.17) is 0 Å². The monoisotopic (exact) mass is 367 g/mol. The lowest BCUT2D eigenvalue weighted by Gasteiger charge is -2.32. The van der Waals surface area contributed by atoms with Crippen molar-refractivity contribution >= 4 is 29.1 Å². The molecule has 1 aromatic heterocycles. The number of hydrogen-bond donors (Lipinski definition) is 2. The van der Waals surface area contributed by atoms with Crippen LogP contribution >= 0.6 is 0 Å². The SMILES string of the molecule is CC(=O)Nc1cccc(NC(=O)C2CCCN(c3nc(C)cc(C)n3)C2)c1. The molecule has 7 heteroatoms. The number of rotatable bonds is 4. The number of carbonyl (C=O) groups excluding carboxylic acids is 2. The van der Waals surface area contributed by atoms with Crippen molar-refractivity contribution < 1.29 is 9.59 Å². The third-order valence-corrected chi connectivity index (χ3v) is 4.50. The zero-order valence-corrected chi connectivity index (χ0v) is 16.0. The summed E-state index contributed by atoms with van der Waals surface area (Å²) in [5.41, 5.74) is 3.19. The number of aryl methyl sites for hydroxylation is 2. The highest BCUT2D eigenvalue weighted by Gasteiger charge is 2.27. The molecule has 27 heavy (non-hydrogen) atoms. The van der Waals surface area contributed by atoms with Gasteiger partial charge in [-0.2, -0.15) is 0 Å². The van der Waals surface area contributed by atoms with Crippen LogP contribution in [0.1, 0.15) is 31.2 Å². The molecule has 0 aliphatic carbocycles. The van der Waals surface area contributed by atoms with Crippen LogP contribution in [-0.4, -0.2) is 34.9 Å². The lowest BCUT2D eigenvalue weighted by atomic mass is 9.97. The fourth-order valence-corrected chi connectivity index (χ4v) is 3.34. The van der Waals surface area contributed by atoms with Crippen LogP contribution < -0.4 is 15.5 Å². The van der Waals surface area contributed by atoms with E-state index in [9.17, 15) is 9.59 Å². The minimum atomic E-state index is -0.144. The molecule has 2 amide bonds. The third-order valence-electron chi connectivity index (χ3n) is 4.50. The number of anilines is 3. The van der Waals surface area contributed by atoms with Crippen LogP contribution in [0.25, 0.3) is 0 Å². The van der Waals surface area contributed by atoms with Gasteiger partial charge in [0.05, 0.1) is 5.92 Å². The molecule has 1 aliphatic rings. The van der Waals surface area contributed by atoms with Crippen molar-refractivity contribution in [3.8, 4) is 0 Å². The summed E-state index contributed by atoms with van der Waals surface area (Å²) in [5, 5.41) is 5.68. The van der Waals surface area contributed by atoms with Gasteiger partial charge in [-0.15, -0.1) is 0 Å². The van der Waals surface area contributed by atoms with Crippen LogP contribution in [-0.2, 0) is 9.59 Å². The normalized spacial score (nSPS) is 16.7. The number of benzene rings is 1. The molecule has 2 N–H and O–H groups in total. The van der Waals surface area contributed by atoms with Gasteiger partial charge in [-0.1, -0.05) is 6.07 Å². The molecule has 0 spiro atoms. The Morgan fingerprint density at radius 1 is 1.07 bits per heavy atom. The summed E-state index contributed by atoms with van der Waals surface area (Å²) in [5.74, 6) is 0.393. The molecule has 3 rings (SSSR count). The van der Waals surface area contributed by atoms with E-state index in [1.807, 2.05) is 26.0 Å². The van der Waals surface area contributed by atoms with Crippen LogP contribution in [0.3, 0.4) is 0 Å². The van der Waals surface area contributed by atoms with E-state index in [1.54, 1.807) is 18.2 Å². The van der Waals surface area contributed by atoms with Crippen LogP contribution in [0.15, 0.2) is 30.3 Å². The summed E-state index contributed by atoms with van der Waals surface area (Å²) in [6.07, 6.45) is 1.75. The first-order valence-electron chi connectivity index (χ1n) is 9.16. The van der Waals surface area contributed by atoms with E-state index in [0.717, 1.165) is 30.8 Å². The van der Waals surface area contributed by atoms with Gasteiger partial charge in [0, 0.05) is 42.8 Å². The highest BCUT2D eigenvalue weighted by Crippen LogP contribution is 2.23. The maximum Gasteiger partial charge on any atom is 0.229 e. The molecule has 2 aromatic rings. The second-order valence-corrected chi connectivity index (χ2v) is 6.99. The first-order valence-corrected chi connectivity index (χ1v) is 9.16. The van der Waals surface area contributed by atoms with Crippen molar-refractivity contribution in [1.82, 2.24) is 9.97 Å². The Morgan fingerprint density at radius 2 is 1.74 bits per heavy atom. The number of hydrogen-bond acceptors (Lipinski definition) is 5. The quantitative estimate of drug-likeness (QED) is 0.868. The highest BCUT2D eigenvalue weighted by molar-refractivity contribution is 5.94. The predicted octanol–water partition coefficient (Wildman–Crippen LogP) is 2.91. The Labute approximate surface area is 159 Å². The molecule has 1 aliphatic heterocycles. The molecule has 1 fully saturated rings. The minimum Gasteiger partial charge on any atom is -0.340 e. The number of amides is 2. The van der Waals surface area contributed by atoms with Gasteiger partial charge in [0.2, 0.25) is 17.8 Å². The zero-order valence-electron chi connectivity index (χ0n) is 16.0. The molecule has 2 heterocycles. The number of carbonyl (C=O) groups is 2. The van der Waals surface area contributed by atoms with Crippen molar-refractivity contribution in [2.75, 3.05) is 28.6 Å². The lowest BCUT2D eigenvalue weighted by molar-refractivity contribution is -0.120. The van der Waals surface area contributed by atoms with Gasteiger partial charge >= 0.3 is 0 Å². The van der Waals surface area contributed by atoms with E-state index in [0.29, 0.717) is 23.9 Å². The molecular formula is C20H25N5O2. The maximum absolute atomic E-state index is 12.7. The molecule has 0 saturated carbocycles. The second kappa shape index (κ2) is 8.16. The Hall–Kier alpha value is -2.96. The van der Waals surface area contributed by atoms with Crippen LogP contribution in [0.2, 0.25) is 0 Å². The molecule has 1 atom stereocenters. The van der Waals surface area contributed by atoms with Crippen LogP contribution in [0, 0.1) is 19.8 Å². The molecule has 142 valence electrons.